The number of aromatic nitrogens is 2. The molecule has 0 saturated carbocycles. The Bertz CT molecular complexity index is 1000. The Balaban J connectivity index is 1.61. The van der Waals surface area contributed by atoms with Crippen molar-refractivity contribution in [2.45, 2.75) is 19.5 Å². The van der Waals surface area contributed by atoms with E-state index < -0.39 is 0 Å². The van der Waals surface area contributed by atoms with Crippen LogP contribution in [0.2, 0.25) is 5.02 Å². The summed E-state index contributed by atoms with van der Waals surface area (Å²) in [5.41, 5.74) is 2.26. The Morgan fingerprint density at radius 2 is 1.89 bits per heavy atom. The van der Waals surface area contributed by atoms with Crippen LogP contribution in [0.5, 0.6) is 0 Å². The van der Waals surface area contributed by atoms with Gasteiger partial charge in [0.25, 0.3) is 5.56 Å². The molecule has 0 radical (unpaired) electrons. The maximum atomic E-state index is 12.1. The zero-order valence-electron chi connectivity index (χ0n) is 14.4. The number of nitrogens with one attached hydrogen (secondary N) is 1. The maximum Gasteiger partial charge on any atom is 0.266 e. The Hall–Kier alpha value is -2.44. The topological polar surface area (TPSA) is 64.0 Å². The Kier molecular flexibility index (Phi) is 6.42. The molecule has 1 aromatic heterocycles. The highest BCUT2D eigenvalue weighted by atomic mass is 79.9. The third kappa shape index (κ3) is 5.52. The average Bonchev–Trinajstić information content (AvgIpc) is 2.66. The molecule has 1 N–H and O–H groups in total. The number of aryl methyl sites for hydroxylation is 1. The van der Waals surface area contributed by atoms with Crippen LogP contribution in [0.15, 0.2) is 69.9 Å². The molecule has 7 heteroatoms. The molecule has 0 unspecified atom stereocenters. The highest BCUT2D eigenvalue weighted by molar-refractivity contribution is 9.10. The first-order chi connectivity index (χ1) is 13.0. The van der Waals surface area contributed by atoms with Crippen molar-refractivity contribution in [3.63, 3.8) is 0 Å². The van der Waals surface area contributed by atoms with Gasteiger partial charge in [0, 0.05) is 34.1 Å². The molecule has 1 heterocycles. The average molecular weight is 447 g/mol. The van der Waals surface area contributed by atoms with Crippen LogP contribution in [0.3, 0.4) is 0 Å². The second-order valence-corrected chi connectivity index (χ2v) is 7.30. The predicted molar refractivity (Wildman–Crippen MR) is 110 cm³/mol. The predicted octanol–water partition coefficient (Wildman–Crippen LogP) is 4.03. The van der Waals surface area contributed by atoms with Gasteiger partial charge >= 0.3 is 0 Å². The molecule has 0 bridgehead atoms. The molecule has 0 fully saturated rings. The van der Waals surface area contributed by atoms with Crippen LogP contribution in [0, 0.1) is 0 Å². The highest BCUT2D eigenvalue weighted by Crippen LogP contribution is 2.18. The van der Waals surface area contributed by atoms with Crippen molar-refractivity contribution in [3.8, 4) is 11.3 Å². The molecular weight excluding hydrogens is 430 g/mol. The molecule has 3 rings (SSSR count). The fourth-order valence-corrected chi connectivity index (χ4v) is 3.00. The summed E-state index contributed by atoms with van der Waals surface area (Å²) in [5, 5.41) is 7.82. The number of hydrogen-bond donors (Lipinski definition) is 1. The van der Waals surface area contributed by atoms with Crippen molar-refractivity contribution in [1.82, 2.24) is 15.1 Å². The van der Waals surface area contributed by atoms with Gasteiger partial charge in [0.15, 0.2) is 0 Å². The fraction of sp³-hybridized carbons (Fsp3) is 0.150. The molecule has 5 nitrogen and oxygen atoms in total. The standard InChI is InChI=1S/C20H17BrClN3O2/c21-16-6-4-15(5-7-16)18-8-9-20(27)25(24-18)11-10-19(26)23-13-14-2-1-3-17(22)12-14/h1-9,12H,10-11,13H2,(H,23,26). The summed E-state index contributed by atoms with van der Waals surface area (Å²) in [6.45, 7) is 0.602. The molecule has 3 aromatic rings. The van der Waals surface area contributed by atoms with Gasteiger partial charge in [-0.2, -0.15) is 5.10 Å². The number of rotatable bonds is 6. The minimum atomic E-state index is -0.237. The van der Waals surface area contributed by atoms with Gasteiger partial charge in [0.2, 0.25) is 5.91 Å². The van der Waals surface area contributed by atoms with Crippen molar-refractivity contribution in [2.24, 2.45) is 0 Å². The van der Waals surface area contributed by atoms with Crippen LogP contribution in [0.4, 0.5) is 0 Å². The first kappa shape index (κ1) is 19.3. The Morgan fingerprint density at radius 1 is 1.11 bits per heavy atom. The number of carbonyl (C=O) groups is 1. The number of carbonyl (C=O) groups excluding carboxylic acids is 1. The van der Waals surface area contributed by atoms with Crippen molar-refractivity contribution in [3.05, 3.63) is 86.1 Å². The molecule has 27 heavy (non-hydrogen) atoms. The van der Waals surface area contributed by atoms with Crippen molar-refractivity contribution in [1.29, 1.82) is 0 Å². The van der Waals surface area contributed by atoms with Gasteiger partial charge in [-0.05, 0) is 35.9 Å². The molecule has 138 valence electrons. The molecule has 0 aliphatic carbocycles. The van der Waals surface area contributed by atoms with Gasteiger partial charge in [0.05, 0.1) is 12.2 Å². The van der Waals surface area contributed by atoms with Gasteiger partial charge in [-0.25, -0.2) is 4.68 Å². The van der Waals surface area contributed by atoms with Crippen LogP contribution in [-0.4, -0.2) is 15.7 Å². The van der Waals surface area contributed by atoms with Gasteiger partial charge in [-0.15, -0.1) is 0 Å². The number of hydrogen-bond acceptors (Lipinski definition) is 3. The van der Waals surface area contributed by atoms with E-state index in [9.17, 15) is 9.59 Å². The second kappa shape index (κ2) is 8.97. The van der Waals surface area contributed by atoms with Crippen LogP contribution in [-0.2, 0) is 17.9 Å². The van der Waals surface area contributed by atoms with E-state index in [1.165, 1.54) is 10.7 Å². The Labute approximate surface area is 170 Å². The summed E-state index contributed by atoms with van der Waals surface area (Å²) in [6.07, 6.45) is 0.164. The number of nitrogens with zero attached hydrogens (tertiary/aromatic N) is 2. The third-order valence-electron chi connectivity index (χ3n) is 3.94. The monoisotopic (exact) mass is 445 g/mol. The summed E-state index contributed by atoms with van der Waals surface area (Å²) in [7, 11) is 0. The van der Waals surface area contributed by atoms with Crippen molar-refractivity contribution in [2.75, 3.05) is 0 Å². The van der Waals surface area contributed by atoms with Crippen LogP contribution >= 0.6 is 27.5 Å². The van der Waals surface area contributed by atoms with E-state index in [1.54, 1.807) is 18.2 Å². The third-order valence-corrected chi connectivity index (χ3v) is 4.70. The van der Waals surface area contributed by atoms with Gasteiger partial charge in [-0.3, -0.25) is 9.59 Å². The van der Waals surface area contributed by atoms with E-state index >= 15 is 0 Å². The lowest BCUT2D eigenvalue weighted by Gasteiger charge is -2.08. The van der Waals surface area contributed by atoms with Gasteiger partial charge in [-0.1, -0.05) is 51.8 Å². The summed E-state index contributed by atoms with van der Waals surface area (Å²) in [6, 6.07) is 18.1. The van der Waals surface area contributed by atoms with E-state index in [2.05, 4.69) is 26.3 Å². The number of amides is 1. The molecule has 0 atom stereocenters. The summed E-state index contributed by atoms with van der Waals surface area (Å²) in [5.74, 6) is -0.155. The van der Waals surface area contributed by atoms with Crippen molar-refractivity contribution >= 4 is 33.4 Å². The van der Waals surface area contributed by atoms with Crippen LogP contribution in [0.25, 0.3) is 11.3 Å². The lowest BCUT2D eigenvalue weighted by molar-refractivity contribution is -0.121. The summed E-state index contributed by atoms with van der Waals surface area (Å²) >= 11 is 9.32. The number of halogens is 2. The largest absolute Gasteiger partial charge is 0.352 e. The number of benzene rings is 2. The molecule has 0 saturated heterocycles. The summed E-state index contributed by atoms with van der Waals surface area (Å²) in [4.78, 5) is 24.1. The van der Waals surface area contributed by atoms with E-state index in [-0.39, 0.29) is 24.4 Å². The molecule has 0 aliphatic rings. The van der Waals surface area contributed by atoms with E-state index in [0.29, 0.717) is 17.3 Å². The van der Waals surface area contributed by atoms with E-state index in [4.69, 9.17) is 11.6 Å². The zero-order valence-corrected chi connectivity index (χ0v) is 16.7. The second-order valence-electron chi connectivity index (χ2n) is 5.94. The SMILES string of the molecule is O=C(CCn1nc(-c2ccc(Br)cc2)ccc1=O)NCc1cccc(Cl)c1. The molecule has 0 aliphatic heterocycles. The lowest BCUT2D eigenvalue weighted by Crippen LogP contribution is -2.28. The lowest BCUT2D eigenvalue weighted by atomic mass is 10.1. The van der Waals surface area contributed by atoms with E-state index in [0.717, 1.165) is 15.6 Å². The molecule has 1 amide bonds. The van der Waals surface area contributed by atoms with Crippen molar-refractivity contribution < 1.29 is 4.79 Å². The molecule has 2 aromatic carbocycles. The smallest absolute Gasteiger partial charge is 0.266 e. The van der Waals surface area contributed by atoms with Crippen LogP contribution in [0.1, 0.15) is 12.0 Å². The van der Waals surface area contributed by atoms with Gasteiger partial charge in [0.1, 0.15) is 0 Å². The van der Waals surface area contributed by atoms with E-state index in [1.807, 2.05) is 36.4 Å². The normalized spacial score (nSPS) is 10.6. The van der Waals surface area contributed by atoms with Crippen LogP contribution < -0.4 is 10.9 Å². The molecule has 0 spiro atoms. The minimum Gasteiger partial charge on any atom is -0.352 e. The fourth-order valence-electron chi connectivity index (χ4n) is 2.53. The Morgan fingerprint density at radius 3 is 2.63 bits per heavy atom. The van der Waals surface area contributed by atoms with Gasteiger partial charge < -0.3 is 5.32 Å². The highest BCUT2D eigenvalue weighted by Gasteiger charge is 2.07. The zero-order chi connectivity index (χ0) is 19.2. The first-order valence-electron chi connectivity index (χ1n) is 8.36. The quantitative estimate of drug-likeness (QED) is 0.622. The first-order valence-corrected chi connectivity index (χ1v) is 9.53. The molecular formula is C20H17BrClN3O2. The minimum absolute atomic E-state index is 0.155. The maximum absolute atomic E-state index is 12.1. The summed E-state index contributed by atoms with van der Waals surface area (Å²) < 4.78 is 2.28.